The van der Waals surface area contributed by atoms with Gasteiger partial charge in [0.1, 0.15) is 11.5 Å². The summed E-state index contributed by atoms with van der Waals surface area (Å²) in [7, 11) is 1.51. The molecule has 78 valence electrons. The largest absolute Gasteiger partial charge is 0.508 e. The van der Waals surface area contributed by atoms with E-state index in [1.54, 1.807) is 0 Å². The van der Waals surface area contributed by atoms with Crippen molar-refractivity contribution in [2.45, 2.75) is 13.3 Å². The normalized spacial score (nSPS) is 12.7. The van der Waals surface area contributed by atoms with Gasteiger partial charge in [0.2, 0.25) is 0 Å². The molecule has 14 heavy (non-hydrogen) atoms. The highest BCUT2D eigenvalue weighted by atomic mass is 16.5. The van der Waals surface area contributed by atoms with E-state index in [4.69, 9.17) is 4.74 Å². The molecule has 0 radical (unpaired) electrons. The molecule has 0 atom stereocenters. The zero-order valence-electron chi connectivity index (χ0n) is 8.49. The number of ether oxygens (including phenoxy) is 1. The molecular weight excluding hydrogens is 182 g/mol. The summed E-state index contributed by atoms with van der Waals surface area (Å²) in [6.45, 7) is 5.79. The molecule has 0 aromatic rings. The van der Waals surface area contributed by atoms with Gasteiger partial charge in [0.15, 0.2) is 0 Å². The van der Waals surface area contributed by atoms with Gasteiger partial charge in [-0.3, -0.25) is 0 Å². The van der Waals surface area contributed by atoms with Crippen molar-refractivity contribution in [2.75, 3.05) is 13.7 Å². The number of hydrogen-bond acceptors (Lipinski definition) is 4. The standard InChI is InChI=1S/C10H15NO3/c1-4-8(2)10(11-13)7-9(12)5-6-14-3/h5,7,12H,2,4,6H2,1,3H3/b9-5+,10-7+. The van der Waals surface area contributed by atoms with Crippen molar-refractivity contribution in [3.63, 3.8) is 0 Å². The van der Waals surface area contributed by atoms with Crippen molar-refractivity contribution in [3.05, 3.63) is 40.7 Å². The molecule has 0 rings (SSSR count). The van der Waals surface area contributed by atoms with Crippen LogP contribution in [0.5, 0.6) is 0 Å². The van der Waals surface area contributed by atoms with Crippen molar-refractivity contribution < 1.29 is 9.84 Å². The van der Waals surface area contributed by atoms with E-state index in [0.29, 0.717) is 12.0 Å². The number of nitrogens with zero attached hydrogens (tertiary/aromatic N) is 1. The maximum atomic E-state index is 10.4. The fourth-order valence-corrected chi connectivity index (χ4v) is 0.742. The molecule has 0 saturated heterocycles. The van der Waals surface area contributed by atoms with Gasteiger partial charge in [0.05, 0.1) is 6.61 Å². The average Bonchev–Trinajstić information content (AvgIpc) is 2.21. The predicted molar refractivity (Wildman–Crippen MR) is 55.9 cm³/mol. The van der Waals surface area contributed by atoms with E-state index in [-0.39, 0.29) is 18.1 Å². The molecule has 0 aliphatic heterocycles. The van der Waals surface area contributed by atoms with Crippen LogP contribution in [-0.2, 0) is 4.74 Å². The predicted octanol–water partition coefficient (Wildman–Crippen LogP) is 2.69. The van der Waals surface area contributed by atoms with Gasteiger partial charge in [-0.25, -0.2) is 0 Å². The van der Waals surface area contributed by atoms with E-state index < -0.39 is 0 Å². The maximum Gasteiger partial charge on any atom is 0.116 e. The van der Waals surface area contributed by atoms with Crippen LogP contribution < -0.4 is 0 Å². The number of hydrogen-bond donors (Lipinski definition) is 1. The lowest BCUT2D eigenvalue weighted by atomic mass is 10.1. The molecule has 4 nitrogen and oxygen atoms in total. The maximum absolute atomic E-state index is 10.4. The van der Waals surface area contributed by atoms with Gasteiger partial charge in [0, 0.05) is 13.2 Å². The molecule has 0 aliphatic carbocycles. The van der Waals surface area contributed by atoms with Crippen molar-refractivity contribution >= 4 is 0 Å². The molecule has 0 heterocycles. The van der Waals surface area contributed by atoms with E-state index >= 15 is 0 Å². The summed E-state index contributed by atoms with van der Waals surface area (Å²) in [5.41, 5.74) is 0.759. The summed E-state index contributed by atoms with van der Waals surface area (Å²) in [4.78, 5) is 10.4. The summed E-state index contributed by atoms with van der Waals surface area (Å²) in [5, 5.41) is 12.1. The summed E-state index contributed by atoms with van der Waals surface area (Å²) in [6.07, 6.45) is 3.33. The Bertz CT molecular complexity index is 267. The van der Waals surface area contributed by atoms with Crippen LogP contribution in [0.3, 0.4) is 0 Å². The van der Waals surface area contributed by atoms with Crippen LogP contribution in [0.25, 0.3) is 0 Å². The van der Waals surface area contributed by atoms with Gasteiger partial charge in [-0.05, 0) is 23.2 Å². The minimum atomic E-state index is -0.0453. The monoisotopic (exact) mass is 197 g/mol. The molecular formula is C10H15NO3. The molecule has 0 aromatic carbocycles. The molecule has 0 saturated carbocycles. The second kappa shape index (κ2) is 7.03. The molecule has 0 fully saturated rings. The minimum absolute atomic E-state index is 0.0453. The highest BCUT2D eigenvalue weighted by molar-refractivity contribution is 5.32. The molecule has 0 spiro atoms. The lowest BCUT2D eigenvalue weighted by Gasteiger charge is -1.99. The number of allylic oxidation sites excluding steroid dienone is 2. The van der Waals surface area contributed by atoms with Gasteiger partial charge in [-0.2, -0.15) is 0 Å². The van der Waals surface area contributed by atoms with Gasteiger partial charge in [0.25, 0.3) is 0 Å². The van der Waals surface area contributed by atoms with Crippen LogP contribution in [0.1, 0.15) is 13.3 Å². The minimum Gasteiger partial charge on any atom is -0.508 e. The van der Waals surface area contributed by atoms with E-state index in [9.17, 15) is 10.0 Å². The van der Waals surface area contributed by atoms with Crippen LogP contribution >= 0.6 is 0 Å². The third-order valence-corrected chi connectivity index (χ3v) is 1.63. The van der Waals surface area contributed by atoms with Gasteiger partial charge in [-0.15, -0.1) is 4.91 Å². The van der Waals surface area contributed by atoms with Crippen molar-refractivity contribution in [1.82, 2.24) is 0 Å². The first-order chi connectivity index (χ1) is 6.65. The molecule has 1 N–H and O–H groups in total. The fraction of sp³-hybridized carbons (Fsp3) is 0.400. The number of methoxy groups -OCH3 is 1. The Labute approximate surface area is 83.6 Å². The lowest BCUT2D eigenvalue weighted by molar-refractivity contribution is 0.230. The number of aliphatic hydroxyl groups is 1. The van der Waals surface area contributed by atoms with Gasteiger partial charge < -0.3 is 9.84 Å². The Kier molecular flexibility index (Phi) is 6.32. The van der Waals surface area contributed by atoms with Crippen LogP contribution in [0.4, 0.5) is 0 Å². The van der Waals surface area contributed by atoms with E-state index in [0.717, 1.165) is 0 Å². The molecule has 0 unspecified atom stereocenters. The number of nitroso groups, excluding NO2 is 1. The third kappa shape index (κ3) is 4.57. The van der Waals surface area contributed by atoms with Crippen LogP contribution in [0, 0.1) is 4.91 Å². The highest BCUT2D eigenvalue weighted by Crippen LogP contribution is 2.14. The Morgan fingerprint density at radius 2 is 2.29 bits per heavy atom. The first kappa shape index (κ1) is 12.6. The first-order valence-corrected chi connectivity index (χ1v) is 4.27. The Balaban J connectivity index is 4.58. The second-order valence-corrected chi connectivity index (χ2v) is 2.66. The Morgan fingerprint density at radius 3 is 2.71 bits per heavy atom. The van der Waals surface area contributed by atoms with Crippen molar-refractivity contribution in [3.8, 4) is 0 Å². The zero-order chi connectivity index (χ0) is 11.0. The molecule has 0 amide bonds. The number of aliphatic hydroxyl groups excluding tert-OH is 1. The fourth-order valence-electron chi connectivity index (χ4n) is 0.742. The smallest absolute Gasteiger partial charge is 0.116 e. The topological polar surface area (TPSA) is 58.9 Å². The van der Waals surface area contributed by atoms with Crippen molar-refractivity contribution in [1.29, 1.82) is 0 Å². The van der Waals surface area contributed by atoms with Crippen molar-refractivity contribution in [2.24, 2.45) is 5.18 Å². The van der Waals surface area contributed by atoms with Gasteiger partial charge >= 0.3 is 0 Å². The molecule has 0 bridgehead atoms. The van der Waals surface area contributed by atoms with Crippen LogP contribution in [0.2, 0.25) is 0 Å². The second-order valence-electron chi connectivity index (χ2n) is 2.66. The summed E-state index contributed by atoms with van der Waals surface area (Å²) in [5.74, 6) is -0.0453. The molecule has 0 aliphatic rings. The quantitative estimate of drug-likeness (QED) is 0.404. The van der Waals surface area contributed by atoms with Crippen LogP contribution in [0.15, 0.2) is 40.9 Å². The number of rotatable bonds is 6. The first-order valence-electron chi connectivity index (χ1n) is 4.27. The third-order valence-electron chi connectivity index (χ3n) is 1.63. The highest BCUT2D eigenvalue weighted by Gasteiger charge is 2.01. The SMILES string of the molecule is C=C(CC)/C(=C\C(O)=C/COC)N=O. The Hall–Kier alpha value is -1.42. The van der Waals surface area contributed by atoms with Gasteiger partial charge in [-0.1, -0.05) is 13.5 Å². The lowest BCUT2D eigenvalue weighted by Crippen LogP contribution is -1.88. The van der Waals surface area contributed by atoms with Crippen LogP contribution in [-0.4, -0.2) is 18.8 Å². The van der Waals surface area contributed by atoms with E-state index in [2.05, 4.69) is 11.8 Å². The summed E-state index contributed by atoms with van der Waals surface area (Å²) < 4.78 is 4.72. The van der Waals surface area contributed by atoms with E-state index in [1.165, 1.54) is 19.3 Å². The van der Waals surface area contributed by atoms with E-state index in [1.807, 2.05) is 6.92 Å². The summed E-state index contributed by atoms with van der Waals surface area (Å²) in [6, 6.07) is 0. The summed E-state index contributed by atoms with van der Waals surface area (Å²) >= 11 is 0. The zero-order valence-corrected chi connectivity index (χ0v) is 8.49. The Morgan fingerprint density at radius 1 is 1.64 bits per heavy atom. The molecule has 4 heteroatoms. The average molecular weight is 197 g/mol. The molecule has 0 aromatic heterocycles.